The molecule has 188 valence electrons. The lowest BCUT2D eigenvalue weighted by Crippen LogP contribution is -2.54. The standard InChI is InChI=1S/C24H39N7O3/c1-15(2)18-14-25-31-20(18)27-22(34-17-8-10-29(6)11-9-17)28-21(31)26-16-7-12-30(23(32)33)19(13-16)24(3,4)5/h14-17,19H,7-13H2,1-6H3,(H,32,33)(H,26,27,28). The molecule has 10 nitrogen and oxygen atoms in total. The Morgan fingerprint density at radius 3 is 2.50 bits per heavy atom. The zero-order valence-corrected chi connectivity index (χ0v) is 21.3. The quantitative estimate of drug-likeness (QED) is 0.677. The molecule has 0 radical (unpaired) electrons. The molecule has 4 heterocycles. The van der Waals surface area contributed by atoms with Gasteiger partial charge in [0.1, 0.15) is 6.10 Å². The van der Waals surface area contributed by atoms with Gasteiger partial charge >= 0.3 is 12.1 Å². The zero-order chi connectivity index (χ0) is 24.6. The summed E-state index contributed by atoms with van der Waals surface area (Å²) in [5, 5.41) is 17.8. The number of aromatic nitrogens is 4. The summed E-state index contributed by atoms with van der Waals surface area (Å²) < 4.78 is 8.01. The molecule has 1 amide bonds. The van der Waals surface area contributed by atoms with Gasteiger partial charge in [0, 0.05) is 37.3 Å². The number of anilines is 1. The van der Waals surface area contributed by atoms with Gasteiger partial charge in [0.05, 0.1) is 6.20 Å². The number of piperidine rings is 2. The Morgan fingerprint density at radius 1 is 1.18 bits per heavy atom. The molecule has 4 rings (SSSR count). The minimum absolute atomic E-state index is 0.0702. The minimum atomic E-state index is -0.856. The third kappa shape index (κ3) is 5.21. The highest BCUT2D eigenvalue weighted by Crippen LogP contribution is 2.33. The van der Waals surface area contributed by atoms with E-state index in [4.69, 9.17) is 14.7 Å². The molecular formula is C24H39N7O3. The second-order valence-corrected chi connectivity index (χ2v) is 11.2. The van der Waals surface area contributed by atoms with Crippen molar-refractivity contribution in [3.63, 3.8) is 0 Å². The van der Waals surface area contributed by atoms with Crippen LogP contribution in [0.25, 0.3) is 5.65 Å². The van der Waals surface area contributed by atoms with E-state index < -0.39 is 6.09 Å². The molecule has 2 saturated heterocycles. The average molecular weight is 474 g/mol. The first-order valence-corrected chi connectivity index (χ1v) is 12.4. The van der Waals surface area contributed by atoms with Crippen molar-refractivity contribution in [2.24, 2.45) is 5.41 Å². The van der Waals surface area contributed by atoms with Crippen LogP contribution in [0.15, 0.2) is 6.20 Å². The summed E-state index contributed by atoms with van der Waals surface area (Å²) in [6.07, 6.45) is 4.39. The third-order valence-corrected chi connectivity index (χ3v) is 7.12. The molecule has 2 unspecified atom stereocenters. The summed E-state index contributed by atoms with van der Waals surface area (Å²) in [5.74, 6) is 0.863. The number of rotatable bonds is 5. The van der Waals surface area contributed by atoms with E-state index in [9.17, 15) is 9.90 Å². The molecule has 2 atom stereocenters. The number of nitrogens with one attached hydrogen (secondary N) is 1. The van der Waals surface area contributed by atoms with Crippen LogP contribution in [0.2, 0.25) is 0 Å². The maximum Gasteiger partial charge on any atom is 0.407 e. The predicted molar refractivity (Wildman–Crippen MR) is 131 cm³/mol. The van der Waals surface area contributed by atoms with E-state index in [1.807, 2.05) is 6.20 Å². The molecule has 0 spiro atoms. The van der Waals surface area contributed by atoms with Crippen molar-refractivity contribution in [2.75, 3.05) is 32.0 Å². The molecule has 0 aromatic carbocycles. The summed E-state index contributed by atoms with van der Waals surface area (Å²) in [4.78, 5) is 25.2. The van der Waals surface area contributed by atoms with E-state index in [-0.39, 0.29) is 29.5 Å². The summed E-state index contributed by atoms with van der Waals surface area (Å²) in [6.45, 7) is 13.0. The van der Waals surface area contributed by atoms with Gasteiger partial charge in [-0.2, -0.15) is 19.6 Å². The van der Waals surface area contributed by atoms with Crippen molar-refractivity contribution in [1.82, 2.24) is 29.4 Å². The van der Waals surface area contributed by atoms with Crippen LogP contribution in [0.1, 0.15) is 71.8 Å². The molecule has 2 aliphatic heterocycles. The highest BCUT2D eigenvalue weighted by molar-refractivity contribution is 5.66. The van der Waals surface area contributed by atoms with Gasteiger partial charge < -0.3 is 25.0 Å². The van der Waals surface area contributed by atoms with Crippen molar-refractivity contribution in [3.8, 4) is 6.01 Å². The molecular weight excluding hydrogens is 434 g/mol. The molecule has 2 aromatic heterocycles. The Kier molecular flexibility index (Phi) is 6.89. The first kappa shape index (κ1) is 24.5. The number of fused-ring (bicyclic) bond motifs is 1. The maximum atomic E-state index is 11.8. The maximum absolute atomic E-state index is 11.8. The number of carbonyl (C=O) groups is 1. The Labute approximate surface area is 201 Å². The highest BCUT2D eigenvalue weighted by Gasteiger charge is 2.39. The van der Waals surface area contributed by atoms with Crippen molar-refractivity contribution in [2.45, 2.75) is 84.4 Å². The van der Waals surface area contributed by atoms with Crippen LogP contribution in [-0.2, 0) is 0 Å². The van der Waals surface area contributed by atoms with Gasteiger partial charge in [-0.3, -0.25) is 0 Å². The van der Waals surface area contributed by atoms with Gasteiger partial charge in [-0.05, 0) is 44.1 Å². The molecule has 34 heavy (non-hydrogen) atoms. The Hall–Kier alpha value is -2.62. The lowest BCUT2D eigenvalue weighted by atomic mass is 9.79. The molecule has 10 heteroatoms. The van der Waals surface area contributed by atoms with Crippen LogP contribution in [-0.4, -0.2) is 85.5 Å². The number of likely N-dealkylation sites (tertiary alicyclic amines) is 2. The largest absolute Gasteiger partial charge is 0.465 e. The van der Waals surface area contributed by atoms with E-state index in [1.165, 1.54) is 0 Å². The van der Waals surface area contributed by atoms with E-state index in [0.29, 0.717) is 31.3 Å². The summed E-state index contributed by atoms with van der Waals surface area (Å²) in [5.41, 5.74) is 1.64. The van der Waals surface area contributed by atoms with Crippen molar-refractivity contribution >= 4 is 17.7 Å². The first-order chi connectivity index (χ1) is 16.0. The van der Waals surface area contributed by atoms with Gasteiger partial charge in [-0.1, -0.05) is 34.6 Å². The molecule has 2 fully saturated rings. The van der Waals surface area contributed by atoms with Crippen molar-refractivity contribution in [3.05, 3.63) is 11.8 Å². The van der Waals surface area contributed by atoms with Crippen LogP contribution < -0.4 is 10.1 Å². The lowest BCUT2D eigenvalue weighted by molar-refractivity contribution is 0.0556. The fourth-order valence-corrected chi connectivity index (χ4v) is 5.01. The Morgan fingerprint density at radius 2 is 1.88 bits per heavy atom. The molecule has 2 N–H and O–H groups in total. The fraction of sp³-hybridized carbons (Fsp3) is 0.750. The number of hydrogen-bond acceptors (Lipinski definition) is 7. The average Bonchev–Trinajstić information content (AvgIpc) is 3.19. The number of amides is 1. The summed E-state index contributed by atoms with van der Waals surface area (Å²) in [6, 6.07) is 0.357. The van der Waals surface area contributed by atoms with Gasteiger partial charge in [0.2, 0.25) is 5.95 Å². The van der Waals surface area contributed by atoms with E-state index in [1.54, 1.807) is 9.42 Å². The molecule has 2 aromatic rings. The smallest absolute Gasteiger partial charge is 0.407 e. The molecule has 0 bridgehead atoms. The second kappa shape index (κ2) is 9.56. The minimum Gasteiger partial charge on any atom is -0.465 e. The highest BCUT2D eigenvalue weighted by atomic mass is 16.5. The number of hydrogen-bond donors (Lipinski definition) is 2. The van der Waals surface area contributed by atoms with Crippen LogP contribution in [0.4, 0.5) is 10.7 Å². The summed E-state index contributed by atoms with van der Waals surface area (Å²) >= 11 is 0. The van der Waals surface area contributed by atoms with E-state index in [0.717, 1.165) is 37.1 Å². The number of carboxylic acid groups (broad SMARTS) is 1. The van der Waals surface area contributed by atoms with Gasteiger partial charge in [0.25, 0.3) is 0 Å². The first-order valence-electron chi connectivity index (χ1n) is 12.4. The van der Waals surface area contributed by atoms with Gasteiger partial charge in [0.15, 0.2) is 5.65 Å². The topological polar surface area (TPSA) is 108 Å². The number of ether oxygens (including phenoxy) is 1. The molecule has 0 aliphatic carbocycles. The van der Waals surface area contributed by atoms with Gasteiger partial charge in [-0.25, -0.2) is 4.79 Å². The van der Waals surface area contributed by atoms with Crippen LogP contribution >= 0.6 is 0 Å². The van der Waals surface area contributed by atoms with Crippen LogP contribution in [0.5, 0.6) is 6.01 Å². The fourth-order valence-electron chi connectivity index (χ4n) is 5.01. The van der Waals surface area contributed by atoms with Crippen LogP contribution in [0.3, 0.4) is 0 Å². The lowest BCUT2D eigenvalue weighted by Gasteiger charge is -2.44. The normalized spacial score (nSPS) is 23.0. The van der Waals surface area contributed by atoms with E-state index >= 15 is 0 Å². The Balaban J connectivity index is 1.61. The SMILES string of the molecule is CC(C)c1cnn2c(NC3CCN(C(=O)O)C(C(C)(C)C)C3)nc(OC3CCN(C)CC3)nc12. The van der Waals surface area contributed by atoms with Crippen molar-refractivity contribution in [1.29, 1.82) is 0 Å². The van der Waals surface area contributed by atoms with E-state index in [2.05, 4.69) is 57.0 Å². The predicted octanol–water partition coefficient (Wildman–Crippen LogP) is 3.69. The molecule has 0 saturated carbocycles. The second-order valence-electron chi connectivity index (χ2n) is 11.2. The number of nitrogens with zero attached hydrogens (tertiary/aromatic N) is 6. The van der Waals surface area contributed by atoms with Crippen LogP contribution in [0, 0.1) is 5.41 Å². The zero-order valence-electron chi connectivity index (χ0n) is 21.3. The monoisotopic (exact) mass is 473 g/mol. The van der Waals surface area contributed by atoms with Gasteiger partial charge in [-0.15, -0.1) is 0 Å². The molecule has 2 aliphatic rings. The Bertz CT molecular complexity index is 1010. The van der Waals surface area contributed by atoms with Crippen molar-refractivity contribution < 1.29 is 14.6 Å². The third-order valence-electron chi connectivity index (χ3n) is 7.12. The summed E-state index contributed by atoms with van der Waals surface area (Å²) in [7, 11) is 2.13.